The van der Waals surface area contributed by atoms with E-state index in [4.69, 9.17) is 0 Å². The predicted molar refractivity (Wildman–Crippen MR) is 29.9 cm³/mol. The molecule has 0 aliphatic heterocycles. The second kappa shape index (κ2) is 11.0. The molecule has 0 aliphatic rings. The van der Waals surface area contributed by atoms with E-state index < -0.39 is 5.97 Å². The van der Waals surface area contributed by atoms with E-state index >= 15 is 0 Å². The second-order valence-corrected chi connectivity index (χ2v) is 1.47. The Bertz CT molecular complexity index is 67.6. The summed E-state index contributed by atoms with van der Waals surface area (Å²) in [6, 6.07) is 0. The molecule has 0 aliphatic carbocycles. The Balaban J connectivity index is -0.0000000417. The van der Waals surface area contributed by atoms with Crippen molar-refractivity contribution in [2.45, 2.75) is 13.8 Å². The maximum absolute atomic E-state index is 9.59. The molecule has 0 saturated heterocycles. The van der Waals surface area contributed by atoms with Crippen LogP contribution in [0.4, 0.5) is 0 Å². The number of carboxylic acid groups (broad SMARTS) is 1. The first-order chi connectivity index (χ1) is 2.64. The van der Waals surface area contributed by atoms with Crippen LogP contribution in [-0.4, -0.2) is 5.97 Å². The average Bonchev–Trinajstić information content (AvgIpc) is 1.36. The van der Waals surface area contributed by atoms with Crippen LogP contribution in [0.5, 0.6) is 0 Å². The zero-order chi connectivity index (χ0) is 5.15. The van der Waals surface area contributed by atoms with Gasteiger partial charge in [0, 0.05) is 5.97 Å². The molecule has 0 bridgehead atoms. The molecular weight excluding hydrogens is 216 g/mol. The number of hydrogen-bond donors (Lipinski definition) is 2. The summed E-state index contributed by atoms with van der Waals surface area (Å²) in [5.41, 5.74) is 0. The number of hydrogen-bond acceptors (Lipinski definition) is 4. The molecule has 6 N–H and O–H groups in total. The molecule has 4 nitrogen and oxygen atoms in total. The van der Waals surface area contributed by atoms with Crippen LogP contribution in [0.1, 0.15) is 13.8 Å². The van der Waals surface area contributed by atoms with Gasteiger partial charge >= 0.3 is 22.4 Å². The molecule has 0 amide bonds. The number of carbonyl (C=O) groups excluding carboxylic acids is 1. The van der Waals surface area contributed by atoms with E-state index in [9.17, 15) is 9.90 Å². The van der Waals surface area contributed by atoms with Crippen LogP contribution in [0.25, 0.3) is 0 Å². The van der Waals surface area contributed by atoms with Crippen molar-refractivity contribution >= 4 is 5.97 Å². The largest absolute Gasteiger partial charge is 1.00 e. The number of carboxylic acids is 1. The molecule has 5 heteroatoms. The minimum Gasteiger partial charge on any atom is -0.550 e. The first-order valence-corrected chi connectivity index (χ1v) is 1.85. The van der Waals surface area contributed by atoms with Crippen LogP contribution in [0.2, 0.25) is 0 Å². The van der Waals surface area contributed by atoms with Gasteiger partial charge in [-0.1, -0.05) is 13.8 Å². The fraction of sp³-hybridized carbons (Fsp3) is 0.750. The third-order valence-electron chi connectivity index (χ3n) is 0.471. The number of carbonyl (C=O) groups is 1. The van der Waals surface area contributed by atoms with Gasteiger partial charge in [0.25, 0.3) is 0 Å². The minimum atomic E-state index is -0.991. The summed E-state index contributed by atoms with van der Waals surface area (Å²) >= 11 is 0. The van der Waals surface area contributed by atoms with Crippen molar-refractivity contribution in [3.05, 3.63) is 0 Å². The topological polar surface area (TPSA) is 110 Å². The maximum atomic E-state index is 9.59. The molecule has 0 spiro atoms. The molecule has 0 rings (SSSR count). The summed E-state index contributed by atoms with van der Waals surface area (Å²) < 4.78 is 0. The van der Waals surface area contributed by atoms with Gasteiger partial charge in [0.1, 0.15) is 0 Å². The molecule has 62 valence electrons. The Morgan fingerprint density at radius 3 is 1.44 bits per heavy atom. The van der Waals surface area contributed by atoms with E-state index in [2.05, 4.69) is 0 Å². The number of rotatable bonds is 1. The normalized spacial score (nSPS) is 6.11. The molecule has 0 unspecified atom stereocenters. The molecule has 0 heterocycles. The minimum absolute atomic E-state index is 0. The zero-order valence-corrected chi connectivity index (χ0v) is 7.09. The third kappa shape index (κ3) is 17.9. The Morgan fingerprint density at radius 2 is 1.44 bits per heavy atom. The van der Waals surface area contributed by atoms with Crippen LogP contribution >= 0.6 is 0 Å². The van der Waals surface area contributed by atoms with Crippen molar-refractivity contribution < 1.29 is 32.3 Å². The first-order valence-electron chi connectivity index (χ1n) is 1.85. The first kappa shape index (κ1) is 22.9. The van der Waals surface area contributed by atoms with Crippen molar-refractivity contribution in [1.29, 1.82) is 0 Å². The fourth-order valence-electron chi connectivity index (χ4n) is 0. The van der Waals surface area contributed by atoms with Gasteiger partial charge < -0.3 is 22.2 Å². The quantitative estimate of drug-likeness (QED) is 0.602. The van der Waals surface area contributed by atoms with Crippen molar-refractivity contribution in [2.75, 3.05) is 0 Å². The molecule has 0 aromatic rings. The van der Waals surface area contributed by atoms with E-state index in [1.807, 2.05) is 0 Å². The summed E-state index contributed by atoms with van der Waals surface area (Å²) in [6.45, 7) is 3.16. The zero-order valence-electron chi connectivity index (χ0n) is 5.61. The fourth-order valence-corrected chi connectivity index (χ4v) is 0. The summed E-state index contributed by atoms with van der Waals surface area (Å²) in [5, 5.41) is 9.59. The van der Waals surface area contributed by atoms with Gasteiger partial charge in [-0.3, -0.25) is 0 Å². The monoisotopic (exact) mass is 228 g/mol. The molecule has 9 heavy (non-hydrogen) atoms. The van der Waals surface area contributed by atoms with Crippen molar-refractivity contribution in [3.63, 3.8) is 0 Å². The molecule has 0 fully saturated rings. The van der Waals surface area contributed by atoms with Gasteiger partial charge in [0.05, 0.1) is 0 Å². The van der Waals surface area contributed by atoms with Gasteiger partial charge in [0.15, 0.2) is 0 Å². The Labute approximate surface area is 70.7 Å². The van der Waals surface area contributed by atoms with Crippen LogP contribution in [0.15, 0.2) is 0 Å². The molecule has 0 saturated carbocycles. The van der Waals surface area contributed by atoms with E-state index in [-0.39, 0.29) is 40.6 Å². The Morgan fingerprint density at radius 1 is 1.33 bits per heavy atom. The van der Waals surface area contributed by atoms with Crippen LogP contribution in [0, 0.1) is 5.92 Å². The van der Waals surface area contributed by atoms with Crippen LogP contribution in [-0.2, 0) is 27.2 Å². The summed E-state index contributed by atoms with van der Waals surface area (Å²) in [5.74, 6) is -1.33. The summed E-state index contributed by atoms with van der Waals surface area (Å²) in [4.78, 5) is 9.59. The smallest absolute Gasteiger partial charge is 0.550 e. The van der Waals surface area contributed by atoms with E-state index in [1.165, 1.54) is 0 Å². The molecule has 0 radical (unpaired) electrons. The maximum Gasteiger partial charge on any atom is 1.00 e. The molecular formula is C4H13AgN2O2. The Kier molecular flexibility index (Phi) is 28.0. The van der Waals surface area contributed by atoms with Gasteiger partial charge in [0.2, 0.25) is 0 Å². The molecule has 0 aromatic carbocycles. The molecule has 0 aromatic heterocycles. The standard InChI is InChI=1S/C4H8O2.Ag.2H3N/c1-3(2)4(5)6;;;/h3H,1-2H3,(H,5,6);;2*1H3/q;+1;;/p-1. The van der Waals surface area contributed by atoms with Gasteiger partial charge in [-0.2, -0.15) is 0 Å². The third-order valence-corrected chi connectivity index (χ3v) is 0.471. The molecule has 0 atom stereocenters. The van der Waals surface area contributed by atoms with Crippen molar-refractivity contribution in [1.82, 2.24) is 12.3 Å². The second-order valence-electron chi connectivity index (χ2n) is 1.47. The number of aliphatic carboxylic acids is 1. The average molecular weight is 229 g/mol. The predicted octanol–water partition coefficient (Wildman–Crippen LogP) is -0.286. The summed E-state index contributed by atoms with van der Waals surface area (Å²) in [6.07, 6.45) is 0. The van der Waals surface area contributed by atoms with E-state index in [0.29, 0.717) is 0 Å². The van der Waals surface area contributed by atoms with E-state index in [0.717, 1.165) is 0 Å². The van der Waals surface area contributed by atoms with Crippen LogP contribution < -0.4 is 17.4 Å². The van der Waals surface area contributed by atoms with Crippen molar-refractivity contribution in [2.24, 2.45) is 5.92 Å². The van der Waals surface area contributed by atoms with Crippen LogP contribution in [0.3, 0.4) is 0 Å². The summed E-state index contributed by atoms with van der Waals surface area (Å²) in [7, 11) is 0. The Hall–Kier alpha value is 0.130. The van der Waals surface area contributed by atoms with Gasteiger partial charge in [-0.25, -0.2) is 0 Å². The van der Waals surface area contributed by atoms with Gasteiger partial charge in [-0.05, 0) is 5.92 Å². The van der Waals surface area contributed by atoms with Crippen molar-refractivity contribution in [3.8, 4) is 0 Å². The van der Waals surface area contributed by atoms with E-state index in [1.54, 1.807) is 13.8 Å². The SMILES string of the molecule is CC(C)C(=O)[O-].N.N.[Ag+]. The van der Waals surface area contributed by atoms with Gasteiger partial charge in [-0.15, -0.1) is 0 Å².